The van der Waals surface area contributed by atoms with Crippen LogP contribution in [0.25, 0.3) is 11.0 Å². The zero-order valence-corrected chi connectivity index (χ0v) is 15.8. The molecule has 0 aliphatic heterocycles. The predicted octanol–water partition coefficient (Wildman–Crippen LogP) is 1.75. The Hall–Kier alpha value is -3.36. The van der Waals surface area contributed by atoms with Crippen LogP contribution in [0.1, 0.15) is 31.1 Å². The van der Waals surface area contributed by atoms with E-state index in [1.807, 2.05) is 20.8 Å². The van der Waals surface area contributed by atoms with Gasteiger partial charge < -0.3 is 9.47 Å². The number of nitrogens with zero attached hydrogens (tertiary/aromatic N) is 4. The lowest BCUT2D eigenvalue weighted by molar-refractivity contribution is 0.100. The van der Waals surface area contributed by atoms with Crippen LogP contribution in [0, 0.1) is 0 Å². The van der Waals surface area contributed by atoms with E-state index in [4.69, 9.17) is 9.47 Å². The predicted molar refractivity (Wildman–Crippen MR) is 100 cm³/mol. The number of para-hydroxylation sites is 1. The number of nitrogens with one attached hydrogen (secondary N) is 1. The Kier molecular flexibility index (Phi) is 4.61. The number of fused-ring (bicyclic) bond motifs is 1. The van der Waals surface area contributed by atoms with E-state index in [2.05, 4.69) is 15.5 Å². The Balaban J connectivity index is 2.00. The maximum Gasteiger partial charge on any atom is 0.283 e. The monoisotopic (exact) mass is 371 g/mol. The lowest BCUT2D eigenvalue weighted by Crippen LogP contribution is -2.33. The van der Waals surface area contributed by atoms with Gasteiger partial charge in [0.05, 0.1) is 31.5 Å². The van der Waals surface area contributed by atoms with Gasteiger partial charge in [-0.05, 0) is 32.9 Å². The molecule has 9 nitrogen and oxygen atoms in total. The third-order valence-corrected chi connectivity index (χ3v) is 3.99. The van der Waals surface area contributed by atoms with Crippen molar-refractivity contribution in [2.75, 3.05) is 19.6 Å². The van der Waals surface area contributed by atoms with Crippen molar-refractivity contribution in [3.63, 3.8) is 0 Å². The topological polar surface area (TPSA) is 100 Å². The Bertz CT molecular complexity index is 1060. The molecule has 3 rings (SSSR count). The zero-order valence-electron chi connectivity index (χ0n) is 15.8. The molecule has 27 heavy (non-hydrogen) atoms. The molecule has 0 atom stereocenters. The van der Waals surface area contributed by atoms with Gasteiger partial charge >= 0.3 is 0 Å². The first kappa shape index (κ1) is 18.4. The molecule has 1 amide bonds. The number of rotatable bonds is 4. The number of amides is 1. The molecule has 0 unspecified atom stereocenters. The summed E-state index contributed by atoms with van der Waals surface area (Å²) in [6.45, 7) is 5.89. The largest absolute Gasteiger partial charge is 0.493 e. The highest BCUT2D eigenvalue weighted by molar-refractivity contribution is 6.03. The van der Waals surface area contributed by atoms with Crippen molar-refractivity contribution in [3.05, 3.63) is 46.6 Å². The average molecular weight is 371 g/mol. The van der Waals surface area contributed by atoms with E-state index in [9.17, 15) is 9.59 Å². The van der Waals surface area contributed by atoms with Crippen molar-refractivity contribution in [3.8, 4) is 11.5 Å². The highest BCUT2D eigenvalue weighted by Gasteiger charge is 2.21. The number of carbonyl (C=O) groups is 1. The van der Waals surface area contributed by atoms with E-state index in [0.717, 1.165) is 4.68 Å². The molecule has 2 heterocycles. The molecule has 1 aromatic carbocycles. The highest BCUT2D eigenvalue weighted by Crippen LogP contribution is 2.30. The van der Waals surface area contributed by atoms with Crippen molar-refractivity contribution in [2.45, 2.75) is 26.3 Å². The second-order valence-electron chi connectivity index (χ2n) is 6.87. The summed E-state index contributed by atoms with van der Waals surface area (Å²) in [6, 6.07) is 4.91. The van der Waals surface area contributed by atoms with Gasteiger partial charge in [-0.3, -0.25) is 15.0 Å². The normalized spacial score (nSPS) is 11.4. The first-order chi connectivity index (χ1) is 12.8. The minimum atomic E-state index is -0.530. The lowest BCUT2D eigenvalue weighted by Gasteiger charge is -2.19. The summed E-state index contributed by atoms with van der Waals surface area (Å²) in [4.78, 5) is 29.7. The van der Waals surface area contributed by atoms with Crippen molar-refractivity contribution in [1.29, 1.82) is 0 Å². The molecule has 142 valence electrons. The van der Waals surface area contributed by atoms with Gasteiger partial charge in [0, 0.05) is 0 Å². The van der Waals surface area contributed by atoms with Crippen LogP contribution in [0.5, 0.6) is 11.5 Å². The quantitative estimate of drug-likeness (QED) is 0.750. The van der Waals surface area contributed by atoms with Crippen LogP contribution < -0.4 is 20.5 Å². The third-order valence-electron chi connectivity index (χ3n) is 3.99. The van der Waals surface area contributed by atoms with Gasteiger partial charge in [-0.1, -0.05) is 6.07 Å². The smallest absolute Gasteiger partial charge is 0.283 e. The second kappa shape index (κ2) is 6.75. The molecule has 0 fully saturated rings. The Morgan fingerprint density at radius 2 is 1.93 bits per heavy atom. The molecule has 0 saturated carbocycles. The second-order valence-corrected chi connectivity index (χ2v) is 6.87. The first-order valence-corrected chi connectivity index (χ1v) is 8.26. The Labute approximate surface area is 155 Å². The highest BCUT2D eigenvalue weighted by atomic mass is 16.5. The molecule has 0 aliphatic rings. The summed E-state index contributed by atoms with van der Waals surface area (Å²) in [6.07, 6.45) is 2.71. The van der Waals surface area contributed by atoms with Crippen LogP contribution in [-0.2, 0) is 5.54 Å². The maximum absolute atomic E-state index is 12.7. The summed E-state index contributed by atoms with van der Waals surface area (Å²) < 4.78 is 13.2. The standard InChI is InChI=1S/C18H21N5O4/c1-18(2,3)23-15-12(9-20-23)17(25)22(10-19-15)21-16(24)11-7-6-8-13(26-4)14(11)27-5/h6-10H,1-5H3,(H,21,24). The summed E-state index contributed by atoms with van der Waals surface area (Å²) in [5, 5.41) is 4.56. The number of benzene rings is 1. The van der Waals surface area contributed by atoms with Crippen LogP contribution in [0.4, 0.5) is 0 Å². The molecular formula is C18H21N5O4. The first-order valence-electron chi connectivity index (χ1n) is 8.26. The molecule has 0 aliphatic carbocycles. The van der Waals surface area contributed by atoms with Gasteiger partial charge in [-0.15, -0.1) is 0 Å². The van der Waals surface area contributed by atoms with E-state index in [-0.39, 0.29) is 16.9 Å². The van der Waals surface area contributed by atoms with Crippen molar-refractivity contribution < 1.29 is 14.3 Å². The number of ether oxygens (including phenoxy) is 2. The number of hydrogen-bond acceptors (Lipinski definition) is 6. The Morgan fingerprint density at radius 3 is 2.56 bits per heavy atom. The minimum absolute atomic E-state index is 0.231. The van der Waals surface area contributed by atoms with Crippen LogP contribution in [-0.4, -0.2) is 39.6 Å². The number of methoxy groups -OCH3 is 2. The van der Waals surface area contributed by atoms with Gasteiger partial charge in [-0.2, -0.15) is 5.10 Å². The van der Waals surface area contributed by atoms with Crippen LogP contribution >= 0.6 is 0 Å². The molecule has 0 saturated heterocycles. The number of hydrogen-bond donors (Lipinski definition) is 1. The summed E-state index contributed by atoms with van der Waals surface area (Å²) in [5.74, 6) is 0.162. The molecule has 1 N–H and O–H groups in total. The van der Waals surface area contributed by atoms with E-state index >= 15 is 0 Å². The van der Waals surface area contributed by atoms with Crippen LogP contribution in [0.2, 0.25) is 0 Å². The van der Waals surface area contributed by atoms with E-state index in [0.29, 0.717) is 16.8 Å². The van der Waals surface area contributed by atoms with Gasteiger partial charge in [0.25, 0.3) is 11.5 Å². The Morgan fingerprint density at radius 1 is 1.19 bits per heavy atom. The molecule has 0 bridgehead atoms. The number of carbonyl (C=O) groups excluding carboxylic acids is 1. The SMILES string of the molecule is COc1cccc(C(=O)Nn2cnc3c(cnn3C(C)(C)C)c2=O)c1OC. The van der Waals surface area contributed by atoms with E-state index in [1.54, 1.807) is 22.9 Å². The maximum atomic E-state index is 12.7. The van der Waals surface area contributed by atoms with Crippen LogP contribution in [0.3, 0.4) is 0 Å². The van der Waals surface area contributed by atoms with Crippen molar-refractivity contribution in [2.24, 2.45) is 0 Å². The number of aromatic nitrogens is 4. The minimum Gasteiger partial charge on any atom is -0.493 e. The van der Waals surface area contributed by atoms with Gasteiger partial charge in [0.2, 0.25) is 0 Å². The fraction of sp³-hybridized carbons (Fsp3) is 0.333. The summed E-state index contributed by atoms with van der Waals surface area (Å²) in [5.41, 5.74) is 2.46. The molecule has 0 radical (unpaired) electrons. The lowest BCUT2D eigenvalue weighted by atomic mass is 10.1. The fourth-order valence-electron chi connectivity index (χ4n) is 2.72. The van der Waals surface area contributed by atoms with Gasteiger partial charge in [0.15, 0.2) is 17.1 Å². The van der Waals surface area contributed by atoms with E-state index in [1.165, 1.54) is 26.7 Å². The molecular weight excluding hydrogens is 350 g/mol. The van der Waals surface area contributed by atoms with Crippen LogP contribution in [0.15, 0.2) is 35.5 Å². The van der Waals surface area contributed by atoms with Crippen molar-refractivity contribution >= 4 is 16.9 Å². The summed E-state index contributed by atoms with van der Waals surface area (Å²) >= 11 is 0. The van der Waals surface area contributed by atoms with Gasteiger partial charge in [0.1, 0.15) is 11.7 Å². The molecule has 3 aromatic rings. The molecule has 9 heteroatoms. The van der Waals surface area contributed by atoms with E-state index < -0.39 is 11.5 Å². The molecule has 2 aromatic heterocycles. The summed E-state index contributed by atoms with van der Waals surface area (Å²) in [7, 11) is 2.92. The third kappa shape index (κ3) is 3.23. The molecule has 0 spiro atoms. The zero-order chi connectivity index (χ0) is 19.8. The fourth-order valence-corrected chi connectivity index (χ4v) is 2.72. The average Bonchev–Trinajstić information content (AvgIpc) is 3.08. The van der Waals surface area contributed by atoms with Crippen molar-refractivity contribution in [1.82, 2.24) is 19.4 Å². The van der Waals surface area contributed by atoms with Gasteiger partial charge in [-0.25, -0.2) is 14.3 Å².